The number of nitrogens with one attached hydrogen (secondary N) is 1. The molecule has 4 rings (SSSR count). The Morgan fingerprint density at radius 1 is 1.23 bits per heavy atom. The lowest BCUT2D eigenvalue weighted by atomic mass is 9.98. The quantitative estimate of drug-likeness (QED) is 0.554. The van der Waals surface area contributed by atoms with Gasteiger partial charge in [-0.1, -0.05) is 30.7 Å². The van der Waals surface area contributed by atoms with Gasteiger partial charge in [0, 0.05) is 29.1 Å². The molecular formula is C23H25ClN4OS. The van der Waals surface area contributed by atoms with Gasteiger partial charge >= 0.3 is 0 Å². The van der Waals surface area contributed by atoms with E-state index in [9.17, 15) is 4.79 Å². The van der Waals surface area contributed by atoms with Gasteiger partial charge in [-0.05, 0) is 62.8 Å². The molecule has 30 heavy (non-hydrogen) atoms. The van der Waals surface area contributed by atoms with Crippen LogP contribution in [0.1, 0.15) is 37.1 Å². The molecule has 156 valence electrons. The standard InChI is InChI=1S/C23H25ClN4OS/c1-3-20(29)26-19-14-17(7-10-25-19)22-21(16-5-4-6-18(24)13-16)27-23(30-22)15-8-11-28(2)12-9-15/h4-7,10,13-15H,3,8-9,11-12H2,1-2H3,(H,25,26,29). The van der Waals surface area contributed by atoms with Gasteiger partial charge in [0.05, 0.1) is 15.6 Å². The molecule has 0 aliphatic carbocycles. The van der Waals surface area contributed by atoms with Crippen molar-refractivity contribution in [3.8, 4) is 21.7 Å². The van der Waals surface area contributed by atoms with Crippen molar-refractivity contribution in [1.29, 1.82) is 0 Å². The number of anilines is 1. The van der Waals surface area contributed by atoms with Gasteiger partial charge in [-0.25, -0.2) is 9.97 Å². The number of nitrogens with zero attached hydrogens (tertiary/aromatic N) is 3. The minimum atomic E-state index is -0.0500. The second kappa shape index (κ2) is 9.25. The Morgan fingerprint density at radius 2 is 2.03 bits per heavy atom. The van der Waals surface area contributed by atoms with Gasteiger partial charge in [0.1, 0.15) is 5.82 Å². The summed E-state index contributed by atoms with van der Waals surface area (Å²) >= 11 is 8.02. The fourth-order valence-electron chi connectivity index (χ4n) is 3.67. The number of rotatable bonds is 5. The Balaban J connectivity index is 1.76. The summed E-state index contributed by atoms with van der Waals surface area (Å²) in [7, 11) is 2.17. The maximum Gasteiger partial charge on any atom is 0.225 e. The number of carbonyl (C=O) groups excluding carboxylic acids is 1. The molecule has 2 aromatic heterocycles. The third-order valence-electron chi connectivity index (χ3n) is 5.42. The van der Waals surface area contributed by atoms with Gasteiger partial charge in [0.25, 0.3) is 0 Å². The smallest absolute Gasteiger partial charge is 0.225 e. The average Bonchev–Trinajstić information content (AvgIpc) is 3.20. The van der Waals surface area contributed by atoms with E-state index in [2.05, 4.69) is 22.2 Å². The molecule has 0 atom stereocenters. The number of hydrogen-bond acceptors (Lipinski definition) is 5. The van der Waals surface area contributed by atoms with Crippen LogP contribution in [-0.2, 0) is 4.79 Å². The number of hydrogen-bond donors (Lipinski definition) is 1. The van der Waals surface area contributed by atoms with E-state index >= 15 is 0 Å². The maximum atomic E-state index is 11.8. The van der Waals surface area contributed by atoms with Gasteiger partial charge in [-0.2, -0.15) is 0 Å². The van der Waals surface area contributed by atoms with E-state index in [4.69, 9.17) is 16.6 Å². The molecule has 1 saturated heterocycles. The molecule has 7 heteroatoms. The fourth-order valence-corrected chi connectivity index (χ4v) is 5.11. The number of halogens is 1. The lowest BCUT2D eigenvalue weighted by Crippen LogP contribution is -2.29. The zero-order valence-electron chi connectivity index (χ0n) is 17.2. The Morgan fingerprint density at radius 3 is 2.77 bits per heavy atom. The van der Waals surface area contributed by atoms with Crippen LogP contribution in [0.2, 0.25) is 5.02 Å². The van der Waals surface area contributed by atoms with Crippen LogP contribution in [0, 0.1) is 0 Å². The number of likely N-dealkylation sites (tertiary alicyclic amines) is 1. The molecule has 1 amide bonds. The van der Waals surface area contributed by atoms with E-state index < -0.39 is 0 Å². The fraction of sp³-hybridized carbons (Fsp3) is 0.348. The summed E-state index contributed by atoms with van der Waals surface area (Å²) in [5.74, 6) is 0.982. The zero-order valence-corrected chi connectivity index (χ0v) is 18.8. The van der Waals surface area contributed by atoms with Crippen LogP contribution >= 0.6 is 22.9 Å². The van der Waals surface area contributed by atoms with Crippen molar-refractivity contribution in [2.75, 3.05) is 25.5 Å². The summed E-state index contributed by atoms with van der Waals surface area (Å²) < 4.78 is 0. The Kier molecular flexibility index (Phi) is 6.46. The summed E-state index contributed by atoms with van der Waals surface area (Å²) in [6.07, 6.45) is 4.39. The molecule has 0 saturated carbocycles. The van der Waals surface area contributed by atoms with Crippen LogP contribution in [0.25, 0.3) is 21.7 Å². The van der Waals surface area contributed by atoms with E-state index in [1.165, 1.54) is 5.01 Å². The van der Waals surface area contributed by atoms with Crippen LogP contribution < -0.4 is 5.32 Å². The zero-order chi connectivity index (χ0) is 21.1. The van der Waals surface area contributed by atoms with Gasteiger partial charge in [-0.3, -0.25) is 4.79 Å². The highest BCUT2D eigenvalue weighted by Crippen LogP contribution is 2.42. The topological polar surface area (TPSA) is 58.1 Å². The molecule has 0 unspecified atom stereocenters. The molecule has 1 aliphatic rings. The number of thiazole rings is 1. The highest BCUT2D eigenvalue weighted by atomic mass is 35.5. The first-order valence-electron chi connectivity index (χ1n) is 10.2. The third kappa shape index (κ3) is 4.72. The summed E-state index contributed by atoms with van der Waals surface area (Å²) in [4.78, 5) is 24.7. The molecule has 0 spiro atoms. The largest absolute Gasteiger partial charge is 0.311 e. The van der Waals surface area contributed by atoms with Crippen LogP contribution in [0.4, 0.5) is 5.82 Å². The van der Waals surface area contributed by atoms with Crippen molar-refractivity contribution in [3.05, 3.63) is 52.6 Å². The van der Waals surface area contributed by atoms with Gasteiger partial charge in [0.2, 0.25) is 5.91 Å². The lowest BCUT2D eigenvalue weighted by Gasteiger charge is -2.27. The molecule has 5 nitrogen and oxygen atoms in total. The monoisotopic (exact) mass is 440 g/mol. The van der Waals surface area contributed by atoms with E-state index in [0.29, 0.717) is 23.2 Å². The van der Waals surface area contributed by atoms with Gasteiger partial charge in [0.15, 0.2) is 0 Å². The van der Waals surface area contributed by atoms with Crippen molar-refractivity contribution >= 4 is 34.7 Å². The summed E-state index contributed by atoms with van der Waals surface area (Å²) in [5, 5.41) is 4.72. The Hall–Kier alpha value is -2.28. The molecule has 1 aliphatic heterocycles. The Bertz CT molecular complexity index is 1040. The Labute approximate surface area is 186 Å². The second-order valence-corrected chi connectivity index (χ2v) is 9.12. The van der Waals surface area contributed by atoms with Crippen molar-refractivity contribution in [1.82, 2.24) is 14.9 Å². The van der Waals surface area contributed by atoms with E-state index in [1.54, 1.807) is 17.5 Å². The predicted molar refractivity (Wildman–Crippen MR) is 124 cm³/mol. The molecule has 3 aromatic rings. The average molecular weight is 441 g/mol. The van der Waals surface area contributed by atoms with E-state index in [1.807, 2.05) is 43.3 Å². The number of benzene rings is 1. The van der Waals surface area contributed by atoms with E-state index in [-0.39, 0.29) is 5.91 Å². The van der Waals surface area contributed by atoms with Crippen LogP contribution in [-0.4, -0.2) is 40.9 Å². The predicted octanol–water partition coefficient (Wildman–Crippen LogP) is 5.68. The van der Waals surface area contributed by atoms with Crippen molar-refractivity contribution in [2.45, 2.75) is 32.1 Å². The first kappa shape index (κ1) is 21.0. The SMILES string of the molecule is CCC(=O)Nc1cc(-c2sc(C3CCN(C)CC3)nc2-c2cccc(Cl)c2)ccn1. The van der Waals surface area contributed by atoms with Crippen LogP contribution in [0.15, 0.2) is 42.6 Å². The highest BCUT2D eigenvalue weighted by molar-refractivity contribution is 7.15. The summed E-state index contributed by atoms with van der Waals surface area (Å²) in [6.45, 7) is 4.01. The number of carbonyl (C=O) groups is 1. The second-order valence-electron chi connectivity index (χ2n) is 7.65. The summed E-state index contributed by atoms with van der Waals surface area (Å²) in [6, 6.07) is 11.7. The number of aromatic nitrogens is 2. The van der Waals surface area contributed by atoms with Crippen molar-refractivity contribution in [3.63, 3.8) is 0 Å². The molecule has 1 fully saturated rings. The highest BCUT2D eigenvalue weighted by Gasteiger charge is 2.24. The first-order chi connectivity index (χ1) is 14.5. The normalized spacial score (nSPS) is 15.3. The minimum Gasteiger partial charge on any atom is -0.311 e. The third-order valence-corrected chi connectivity index (χ3v) is 6.92. The van der Waals surface area contributed by atoms with Crippen LogP contribution in [0.5, 0.6) is 0 Å². The number of amides is 1. The van der Waals surface area contributed by atoms with Crippen molar-refractivity contribution < 1.29 is 4.79 Å². The van der Waals surface area contributed by atoms with Gasteiger partial charge in [-0.15, -0.1) is 11.3 Å². The molecule has 1 N–H and O–H groups in total. The van der Waals surface area contributed by atoms with Crippen molar-refractivity contribution in [2.24, 2.45) is 0 Å². The minimum absolute atomic E-state index is 0.0500. The molecule has 0 radical (unpaired) electrons. The first-order valence-corrected chi connectivity index (χ1v) is 11.4. The number of pyridine rings is 1. The van der Waals surface area contributed by atoms with E-state index in [0.717, 1.165) is 47.6 Å². The van der Waals surface area contributed by atoms with Crippen LogP contribution in [0.3, 0.4) is 0 Å². The molecular weight excluding hydrogens is 416 g/mol. The molecule has 3 heterocycles. The molecule has 0 bridgehead atoms. The summed E-state index contributed by atoms with van der Waals surface area (Å²) in [5.41, 5.74) is 2.95. The lowest BCUT2D eigenvalue weighted by molar-refractivity contribution is -0.115. The maximum absolute atomic E-state index is 11.8. The number of piperidine rings is 1. The molecule has 1 aromatic carbocycles. The van der Waals surface area contributed by atoms with Gasteiger partial charge < -0.3 is 10.2 Å².